The molecule has 4 nitrogen and oxygen atoms in total. The smallest absolute Gasteiger partial charge is 0.264 e. The first kappa shape index (κ1) is 17.2. The monoisotopic (exact) mass is 340 g/mol. The molecule has 0 aromatic heterocycles. The Kier molecular flexibility index (Phi) is 5.20. The van der Waals surface area contributed by atoms with Crippen LogP contribution in [0.15, 0.2) is 47.4 Å². The predicted molar refractivity (Wildman–Crippen MR) is 87.2 cm³/mol. The van der Waals surface area contributed by atoms with Crippen LogP contribution in [0.3, 0.4) is 0 Å². The maximum Gasteiger partial charge on any atom is 0.264 e. The lowest BCUT2D eigenvalue weighted by atomic mass is 10.2. The van der Waals surface area contributed by atoms with Gasteiger partial charge in [-0.1, -0.05) is 0 Å². The molecule has 0 saturated carbocycles. The number of benzene rings is 2. The fraction of sp³-hybridized carbons (Fsp3) is 0.250. The molecule has 2 aromatic carbocycles. The van der Waals surface area contributed by atoms with Crippen molar-refractivity contribution in [3.8, 4) is 0 Å². The molecule has 0 spiro atoms. The van der Waals surface area contributed by atoms with Crippen molar-refractivity contribution in [1.29, 1.82) is 0 Å². The molecule has 2 aromatic rings. The molecular formula is C16H18F2N2O2S. The lowest BCUT2D eigenvalue weighted by Crippen LogP contribution is -2.21. The van der Waals surface area contributed by atoms with E-state index in [1.807, 2.05) is 13.8 Å². The van der Waals surface area contributed by atoms with Gasteiger partial charge in [0, 0.05) is 24.5 Å². The minimum Gasteiger partial charge on any atom is -0.372 e. The average Bonchev–Trinajstić information content (AvgIpc) is 2.52. The maximum atomic E-state index is 13.6. The Balaban J connectivity index is 2.25. The second kappa shape index (κ2) is 6.95. The van der Waals surface area contributed by atoms with Gasteiger partial charge in [-0.25, -0.2) is 17.2 Å². The van der Waals surface area contributed by atoms with E-state index in [9.17, 15) is 17.2 Å². The first-order chi connectivity index (χ1) is 10.9. The highest BCUT2D eigenvalue weighted by molar-refractivity contribution is 7.92. The maximum absolute atomic E-state index is 13.6. The summed E-state index contributed by atoms with van der Waals surface area (Å²) in [7, 11) is -4.19. The van der Waals surface area contributed by atoms with Gasteiger partial charge in [0.25, 0.3) is 10.0 Å². The highest BCUT2D eigenvalue weighted by Gasteiger charge is 2.20. The Morgan fingerprint density at radius 3 is 2.17 bits per heavy atom. The normalized spacial score (nSPS) is 11.3. The number of nitrogens with zero attached hydrogens (tertiary/aromatic N) is 1. The van der Waals surface area contributed by atoms with Crippen LogP contribution in [0, 0.1) is 11.6 Å². The summed E-state index contributed by atoms with van der Waals surface area (Å²) in [5.74, 6) is -1.82. The quantitative estimate of drug-likeness (QED) is 0.874. The van der Waals surface area contributed by atoms with E-state index in [0.717, 1.165) is 30.9 Å². The molecule has 0 radical (unpaired) electrons. The Morgan fingerprint density at radius 1 is 1.00 bits per heavy atom. The van der Waals surface area contributed by atoms with E-state index in [1.165, 1.54) is 0 Å². The highest BCUT2D eigenvalue weighted by Crippen LogP contribution is 2.22. The largest absolute Gasteiger partial charge is 0.372 e. The Hall–Kier alpha value is -2.15. The fourth-order valence-electron chi connectivity index (χ4n) is 2.22. The third kappa shape index (κ3) is 3.98. The first-order valence-electron chi connectivity index (χ1n) is 7.20. The van der Waals surface area contributed by atoms with Crippen molar-refractivity contribution in [2.45, 2.75) is 18.7 Å². The zero-order chi connectivity index (χ0) is 17.0. The van der Waals surface area contributed by atoms with Gasteiger partial charge in [-0.15, -0.1) is 0 Å². The summed E-state index contributed by atoms with van der Waals surface area (Å²) in [6.45, 7) is 5.70. The van der Waals surface area contributed by atoms with Gasteiger partial charge in [-0.05, 0) is 56.3 Å². The molecule has 23 heavy (non-hydrogen) atoms. The van der Waals surface area contributed by atoms with Gasteiger partial charge >= 0.3 is 0 Å². The van der Waals surface area contributed by atoms with Crippen molar-refractivity contribution < 1.29 is 17.2 Å². The summed E-state index contributed by atoms with van der Waals surface area (Å²) in [6.07, 6.45) is 0. The van der Waals surface area contributed by atoms with Gasteiger partial charge in [-0.2, -0.15) is 0 Å². The number of nitrogens with one attached hydrogen (secondary N) is 1. The number of hydrogen-bond donors (Lipinski definition) is 1. The third-order valence-corrected chi connectivity index (χ3v) is 4.83. The van der Waals surface area contributed by atoms with E-state index < -0.39 is 26.6 Å². The van der Waals surface area contributed by atoms with E-state index in [2.05, 4.69) is 9.62 Å². The van der Waals surface area contributed by atoms with Gasteiger partial charge in [0.2, 0.25) is 0 Å². The number of sulfonamides is 1. The molecule has 0 heterocycles. The van der Waals surface area contributed by atoms with Gasteiger partial charge in [-0.3, -0.25) is 4.72 Å². The number of halogens is 2. The molecule has 0 amide bonds. The van der Waals surface area contributed by atoms with Crippen molar-refractivity contribution in [1.82, 2.24) is 0 Å². The molecule has 0 saturated heterocycles. The first-order valence-corrected chi connectivity index (χ1v) is 8.68. The SMILES string of the molecule is CCN(CC)c1ccc(NS(=O)(=O)c2cc(F)ccc2F)cc1. The summed E-state index contributed by atoms with van der Waals surface area (Å²) in [5.41, 5.74) is 1.24. The summed E-state index contributed by atoms with van der Waals surface area (Å²) >= 11 is 0. The highest BCUT2D eigenvalue weighted by atomic mass is 32.2. The molecule has 7 heteroatoms. The summed E-state index contributed by atoms with van der Waals surface area (Å²) < 4.78 is 53.4. The van der Waals surface area contributed by atoms with Crippen LogP contribution < -0.4 is 9.62 Å². The lowest BCUT2D eigenvalue weighted by Gasteiger charge is -2.21. The average molecular weight is 340 g/mol. The van der Waals surface area contributed by atoms with Crippen LogP contribution in [-0.4, -0.2) is 21.5 Å². The molecule has 2 rings (SSSR count). The van der Waals surface area contributed by atoms with E-state index in [0.29, 0.717) is 6.07 Å². The Bertz CT molecular complexity index is 773. The standard InChI is InChI=1S/C16H18F2N2O2S/c1-3-20(4-2)14-8-6-13(7-9-14)19-23(21,22)16-11-12(17)5-10-15(16)18/h5-11,19H,3-4H2,1-2H3. The third-order valence-electron chi connectivity index (χ3n) is 3.43. The fourth-order valence-corrected chi connectivity index (χ4v) is 3.37. The van der Waals surface area contributed by atoms with Gasteiger partial charge < -0.3 is 4.90 Å². The van der Waals surface area contributed by atoms with E-state index in [1.54, 1.807) is 24.3 Å². The second-order valence-corrected chi connectivity index (χ2v) is 6.55. The van der Waals surface area contributed by atoms with Crippen molar-refractivity contribution in [3.05, 3.63) is 54.1 Å². The summed E-state index contributed by atoms with van der Waals surface area (Å²) in [6, 6.07) is 9.02. The van der Waals surface area contributed by atoms with Crippen molar-refractivity contribution >= 4 is 21.4 Å². The molecule has 0 aliphatic rings. The van der Waals surface area contributed by atoms with Crippen LogP contribution >= 0.6 is 0 Å². The predicted octanol–water partition coefficient (Wildman–Crippen LogP) is 3.61. The van der Waals surface area contributed by atoms with Gasteiger partial charge in [0.1, 0.15) is 16.5 Å². The van der Waals surface area contributed by atoms with E-state index in [-0.39, 0.29) is 5.69 Å². The second-order valence-electron chi connectivity index (χ2n) is 4.90. The van der Waals surface area contributed by atoms with Crippen molar-refractivity contribution in [2.75, 3.05) is 22.7 Å². The molecule has 0 aliphatic carbocycles. The van der Waals surface area contributed by atoms with Crippen LogP contribution in [0.25, 0.3) is 0 Å². The minimum atomic E-state index is -4.19. The van der Waals surface area contributed by atoms with E-state index in [4.69, 9.17) is 0 Å². The number of hydrogen-bond acceptors (Lipinski definition) is 3. The summed E-state index contributed by atoms with van der Waals surface area (Å²) in [4.78, 5) is 1.38. The van der Waals surface area contributed by atoms with Gasteiger partial charge in [0.05, 0.1) is 0 Å². The molecular weight excluding hydrogens is 322 g/mol. The molecule has 0 bridgehead atoms. The lowest BCUT2D eigenvalue weighted by molar-refractivity contribution is 0.555. The molecule has 124 valence electrons. The number of rotatable bonds is 6. The van der Waals surface area contributed by atoms with E-state index >= 15 is 0 Å². The minimum absolute atomic E-state index is 0.282. The van der Waals surface area contributed by atoms with Crippen molar-refractivity contribution in [3.63, 3.8) is 0 Å². The Morgan fingerprint density at radius 2 is 1.61 bits per heavy atom. The van der Waals surface area contributed by atoms with Gasteiger partial charge in [0.15, 0.2) is 0 Å². The molecule has 1 N–H and O–H groups in total. The zero-order valence-corrected chi connectivity index (χ0v) is 13.7. The molecule has 0 aliphatic heterocycles. The molecule has 0 fully saturated rings. The number of anilines is 2. The van der Waals surface area contributed by atoms with Crippen molar-refractivity contribution in [2.24, 2.45) is 0 Å². The van der Waals surface area contributed by atoms with Crippen LogP contribution in [0.2, 0.25) is 0 Å². The van der Waals surface area contributed by atoms with Crippen LogP contribution in [0.1, 0.15) is 13.8 Å². The molecule has 0 atom stereocenters. The van der Waals surface area contributed by atoms with Crippen LogP contribution in [0.4, 0.5) is 20.2 Å². The zero-order valence-electron chi connectivity index (χ0n) is 12.9. The topological polar surface area (TPSA) is 49.4 Å². The summed E-state index contributed by atoms with van der Waals surface area (Å²) in [5, 5.41) is 0. The van der Waals surface area contributed by atoms with Crippen LogP contribution in [0.5, 0.6) is 0 Å². The van der Waals surface area contributed by atoms with Crippen LogP contribution in [-0.2, 0) is 10.0 Å². The Labute approximate surface area is 134 Å². The molecule has 0 unspecified atom stereocenters.